The summed E-state index contributed by atoms with van der Waals surface area (Å²) in [5.74, 6) is 0.621. The molecule has 0 saturated carbocycles. The Kier molecular flexibility index (Phi) is 4.10. The molecule has 2 nitrogen and oxygen atoms in total. The first-order valence-electron chi connectivity index (χ1n) is 5.66. The van der Waals surface area contributed by atoms with Gasteiger partial charge in [-0.05, 0) is 30.2 Å². The second-order valence-corrected chi connectivity index (χ2v) is 4.69. The molecule has 0 aliphatic heterocycles. The van der Waals surface area contributed by atoms with Crippen LogP contribution in [0, 0.1) is 0 Å². The van der Waals surface area contributed by atoms with E-state index in [4.69, 9.17) is 27.9 Å². The van der Waals surface area contributed by atoms with Crippen LogP contribution in [0.5, 0.6) is 5.75 Å². The highest BCUT2D eigenvalue weighted by molar-refractivity contribution is 6.64. The Morgan fingerprint density at radius 3 is 2.50 bits per heavy atom. The predicted octanol–water partition coefficient (Wildman–Crippen LogP) is 4.42. The van der Waals surface area contributed by atoms with E-state index in [1.54, 1.807) is 12.1 Å². The predicted molar refractivity (Wildman–Crippen MR) is 74.5 cm³/mol. The molecule has 2 aromatic carbocycles. The molecule has 2 aromatic rings. The molecule has 0 saturated heterocycles. The highest BCUT2D eigenvalue weighted by Crippen LogP contribution is 2.32. The molecule has 1 atom stereocenters. The van der Waals surface area contributed by atoms with Crippen LogP contribution >= 0.6 is 23.2 Å². The first kappa shape index (κ1) is 13.2. The summed E-state index contributed by atoms with van der Waals surface area (Å²) in [6, 6.07) is 11.1. The fraction of sp³-hybridized carbons (Fsp3) is 0.214. The van der Waals surface area contributed by atoms with Crippen LogP contribution in [-0.4, -0.2) is 11.3 Å². The zero-order valence-corrected chi connectivity index (χ0v) is 11.3. The van der Waals surface area contributed by atoms with E-state index in [2.05, 4.69) is 0 Å². The number of ether oxygens (including phenoxy) is 1. The molecular weight excluding hydrogens is 271 g/mol. The van der Waals surface area contributed by atoms with Crippen molar-refractivity contribution in [2.24, 2.45) is 0 Å². The van der Waals surface area contributed by atoms with E-state index >= 15 is 0 Å². The van der Waals surface area contributed by atoms with Crippen LogP contribution in [0.1, 0.15) is 13.3 Å². The fourth-order valence-corrected chi connectivity index (χ4v) is 2.21. The summed E-state index contributed by atoms with van der Waals surface area (Å²) >= 11 is 11.6. The van der Waals surface area contributed by atoms with Crippen molar-refractivity contribution in [1.82, 2.24) is 0 Å². The summed E-state index contributed by atoms with van der Waals surface area (Å²) in [4.78, 5) is 11.2. The SMILES string of the molecule is CCC(Oc1ccc(Cl)c2ccccc12)C(=O)Cl. The van der Waals surface area contributed by atoms with Gasteiger partial charge in [0.1, 0.15) is 5.75 Å². The van der Waals surface area contributed by atoms with Gasteiger partial charge >= 0.3 is 0 Å². The molecule has 18 heavy (non-hydrogen) atoms. The van der Waals surface area contributed by atoms with Crippen molar-refractivity contribution in [3.63, 3.8) is 0 Å². The second-order valence-electron chi connectivity index (χ2n) is 3.91. The molecule has 0 fully saturated rings. The Balaban J connectivity index is 2.45. The van der Waals surface area contributed by atoms with E-state index in [1.807, 2.05) is 31.2 Å². The first-order chi connectivity index (χ1) is 8.63. The van der Waals surface area contributed by atoms with Gasteiger partial charge in [0.05, 0.1) is 0 Å². The zero-order chi connectivity index (χ0) is 13.1. The van der Waals surface area contributed by atoms with Crippen LogP contribution in [0.3, 0.4) is 0 Å². The van der Waals surface area contributed by atoms with Crippen LogP contribution in [-0.2, 0) is 4.79 Å². The topological polar surface area (TPSA) is 26.3 Å². The standard InChI is InChI=1S/C14H12Cl2O2/c1-2-12(14(16)17)18-13-8-7-11(15)9-5-3-4-6-10(9)13/h3-8,12H,2H2,1H3. The lowest BCUT2D eigenvalue weighted by Gasteiger charge is -2.15. The minimum Gasteiger partial charge on any atom is -0.481 e. The largest absolute Gasteiger partial charge is 0.481 e. The van der Waals surface area contributed by atoms with Gasteiger partial charge in [0.15, 0.2) is 6.10 Å². The van der Waals surface area contributed by atoms with Gasteiger partial charge in [0.25, 0.3) is 5.24 Å². The van der Waals surface area contributed by atoms with Gasteiger partial charge in [-0.3, -0.25) is 4.79 Å². The second kappa shape index (κ2) is 5.59. The summed E-state index contributed by atoms with van der Waals surface area (Å²) in [6.07, 6.45) is -0.101. The molecule has 2 rings (SSSR count). The van der Waals surface area contributed by atoms with Crippen molar-refractivity contribution in [3.8, 4) is 5.75 Å². The number of carbonyl (C=O) groups is 1. The van der Waals surface area contributed by atoms with Crippen molar-refractivity contribution in [2.75, 3.05) is 0 Å². The summed E-state index contributed by atoms with van der Waals surface area (Å²) in [5.41, 5.74) is 0. The number of carbonyl (C=O) groups excluding carboxylic acids is 1. The number of benzene rings is 2. The fourth-order valence-electron chi connectivity index (χ4n) is 1.78. The summed E-state index contributed by atoms with van der Waals surface area (Å²) in [6.45, 7) is 1.85. The highest BCUT2D eigenvalue weighted by Gasteiger charge is 2.17. The van der Waals surface area contributed by atoms with Crippen LogP contribution in [0.2, 0.25) is 5.02 Å². The third kappa shape index (κ3) is 2.60. The molecule has 0 aliphatic rings. The molecule has 1 unspecified atom stereocenters. The molecule has 0 aromatic heterocycles. The van der Waals surface area contributed by atoms with Crippen LogP contribution in [0.25, 0.3) is 10.8 Å². The third-order valence-corrected chi connectivity index (χ3v) is 3.30. The van der Waals surface area contributed by atoms with E-state index in [1.165, 1.54) is 0 Å². The Hall–Kier alpha value is -1.25. The van der Waals surface area contributed by atoms with Crippen LogP contribution in [0.4, 0.5) is 0 Å². The van der Waals surface area contributed by atoms with Crippen LogP contribution in [0.15, 0.2) is 36.4 Å². The molecule has 0 spiro atoms. The first-order valence-corrected chi connectivity index (χ1v) is 6.42. The van der Waals surface area contributed by atoms with E-state index in [0.717, 1.165) is 10.8 Å². The van der Waals surface area contributed by atoms with E-state index < -0.39 is 11.3 Å². The maximum atomic E-state index is 11.2. The van der Waals surface area contributed by atoms with Crippen LogP contribution < -0.4 is 4.74 Å². The molecule has 94 valence electrons. The summed E-state index contributed by atoms with van der Waals surface area (Å²) in [5, 5.41) is 1.94. The van der Waals surface area contributed by atoms with Crippen molar-refractivity contribution in [1.29, 1.82) is 0 Å². The molecule has 4 heteroatoms. The third-order valence-electron chi connectivity index (χ3n) is 2.72. The Bertz CT molecular complexity index is 581. The number of rotatable bonds is 4. The van der Waals surface area contributed by atoms with Crippen molar-refractivity contribution >= 4 is 39.2 Å². The molecule has 0 radical (unpaired) electrons. The Labute approximate surface area is 115 Å². The quantitative estimate of drug-likeness (QED) is 0.776. The lowest BCUT2D eigenvalue weighted by molar-refractivity contribution is -0.117. The van der Waals surface area contributed by atoms with E-state index in [-0.39, 0.29) is 0 Å². The average molecular weight is 283 g/mol. The van der Waals surface area contributed by atoms with Gasteiger partial charge in [-0.1, -0.05) is 42.8 Å². The lowest BCUT2D eigenvalue weighted by Crippen LogP contribution is -2.22. The summed E-state index contributed by atoms with van der Waals surface area (Å²) < 4.78 is 5.65. The van der Waals surface area contributed by atoms with Gasteiger partial charge in [-0.25, -0.2) is 0 Å². The zero-order valence-electron chi connectivity index (χ0n) is 9.82. The maximum absolute atomic E-state index is 11.2. The Morgan fingerprint density at radius 2 is 1.89 bits per heavy atom. The molecule has 0 aliphatic carbocycles. The van der Waals surface area contributed by atoms with Gasteiger partial charge in [-0.15, -0.1) is 0 Å². The average Bonchev–Trinajstić information content (AvgIpc) is 2.38. The Morgan fingerprint density at radius 1 is 1.22 bits per heavy atom. The monoisotopic (exact) mass is 282 g/mol. The molecule has 0 bridgehead atoms. The molecule has 0 amide bonds. The van der Waals surface area contributed by atoms with Gasteiger partial charge in [0.2, 0.25) is 0 Å². The normalized spacial score (nSPS) is 12.4. The minimum atomic E-state index is -0.628. The molecular formula is C14H12Cl2O2. The number of hydrogen-bond donors (Lipinski definition) is 0. The molecule has 0 N–H and O–H groups in total. The van der Waals surface area contributed by atoms with Gasteiger partial charge < -0.3 is 4.74 Å². The minimum absolute atomic E-state index is 0.489. The van der Waals surface area contributed by atoms with Crippen molar-refractivity contribution in [2.45, 2.75) is 19.4 Å². The van der Waals surface area contributed by atoms with Gasteiger partial charge in [-0.2, -0.15) is 0 Å². The summed E-state index contributed by atoms with van der Waals surface area (Å²) in [7, 11) is 0. The molecule has 0 heterocycles. The van der Waals surface area contributed by atoms with E-state index in [9.17, 15) is 4.79 Å². The van der Waals surface area contributed by atoms with Crippen molar-refractivity contribution in [3.05, 3.63) is 41.4 Å². The number of fused-ring (bicyclic) bond motifs is 1. The van der Waals surface area contributed by atoms with Gasteiger partial charge in [0, 0.05) is 15.8 Å². The smallest absolute Gasteiger partial charge is 0.262 e. The highest BCUT2D eigenvalue weighted by atomic mass is 35.5. The van der Waals surface area contributed by atoms with E-state index in [0.29, 0.717) is 17.2 Å². The number of halogens is 2. The lowest BCUT2D eigenvalue weighted by atomic mass is 10.1. The van der Waals surface area contributed by atoms with Crippen molar-refractivity contribution < 1.29 is 9.53 Å². The maximum Gasteiger partial charge on any atom is 0.262 e. The number of hydrogen-bond acceptors (Lipinski definition) is 2.